The molecule has 4 nitrogen and oxygen atoms in total. The Bertz CT molecular complexity index is 416. The first-order valence-corrected chi connectivity index (χ1v) is 4.43. The van der Waals surface area contributed by atoms with Crippen LogP contribution in [0.1, 0.15) is 18.7 Å². The zero-order valence-electron chi connectivity index (χ0n) is 7.82. The molecule has 4 heteroatoms. The van der Waals surface area contributed by atoms with Crippen molar-refractivity contribution in [3.05, 3.63) is 30.2 Å². The van der Waals surface area contributed by atoms with Gasteiger partial charge in [0.25, 0.3) is 0 Å². The van der Waals surface area contributed by atoms with Crippen LogP contribution in [-0.2, 0) is 4.79 Å². The summed E-state index contributed by atoms with van der Waals surface area (Å²) in [7, 11) is 0. The largest absolute Gasteiger partial charge is 0.357 e. The maximum Gasteiger partial charge on any atom is 0.207 e. The van der Waals surface area contributed by atoms with Gasteiger partial charge in [0.15, 0.2) is 0 Å². The van der Waals surface area contributed by atoms with Crippen LogP contribution in [0, 0.1) is 0 Å². The Balaban J connectivity index is 2.39. The zero-order valence-corrected chi connectivity index (χ0v) is 7.82. The van der Waals surface area contributed by atoms with Gasteiger partial charge in [0, 0.05) is 29.0 Å². The predicted molar refractivity (Wildman–Crippen MR) is 53.7 cm³/mol. The van der Waals surface area contributed by atoms with Crippen molar-refractivity contribution >= 4 is 17.3 Å². The van der Waals surface area contributed by atoms with Crippen molar-refractivity contribution in [3.8, 4) is 0 Å². The molecule has 2 heterocycles. The number of H-pyrrole nitrogens is 1. The fourth-order valence-corrected chi connectivity index (χ4v) is 1.42. The molecule has 0 aliphatic rings. The number of pyridine rings is 1. The third kappa shape index (κ3) is 1.46. The number of carbonyl (C=O) groups excluding carboxylic acids is 1. The quantitative estimate of drug-likeness (QED) is 0.716. The van der Waals surface area contributed by atoms with Crippen LogP contribution >= 0.6 is 0 Å². The number of fused-ring (bicyclic) bond motifs is 1. The van der Waals surface area contributed by atoms with E-state index in [-0.39, 0.29) is 6.04 Å². The van der Waals surface area contributed by atoms with Gasteiger partial charge in [0.2, 0.25) is 6.41 Å². The molecule has 2 aromatic heterocycles. The lowest BCUT2D eigenvalue weighted by Gasteiger charge is -2.06. The standard InChI is InChI=1S/C10H11N3O/c1-7(12-6-14)10-4-8-5-11-3-2-9(8)13-10/h2-7,13H,1H3,(H,12,14)/t7-/m1/s1. The summed E-state index contributed by atoms with van der Waals surface area (Å²) in [4.78, 5) is 17.5. The molecule has 1 amide bonds. The van der Waals surface area contributed by atoms with E-state index in [0.29, 0.717) is 6.41 Å². The molecule has 0 aliphatic heterocycles. The highest BCUT2D eigenvalue weighted by Crippen LogP contribution is 2.18. The van der Waals surface area contributed by atoms with Crippen molar-refractivity contribution in [2.75, 3.05) is 0 Å². The van der Waals surface area contributed by atoms with Gasteiger partial charge in [-0.25, -0.2) is 0 Å². The third-order valence-electron chi connectivity index (χ3n) is 2.23. The van der Waals surface area contributed by atoms with E-state index in [9.17, 15) is 4.79 Å². The number of nitrogens with zero attached hydrogens (tertiary/aromatic N) is 1. The smallest absolute Gasteiger partial charge is 0.207 e. The molecule has 0 unspecified atom stereocenters. The first-order chi connectivity index (χ1) is 6.81. The maximum absolute atomic E-state index is 10.3. The zero-order chi connectivity index (χ0) is 9.97. The number of aromatic nitrogens is 2. The van der Waals surface area contributed by atoms with Crippen molar-refractivity contribution in [2.24, 2.45) is 0 Å². The maximum atomic E-state index is 10.3. The van der Waals surface area contributed by atoms with Crippen molar-refractivity contribution < 1.29 is 4.79 Å². The van der Waals surface area contributed by atoms with E-state index in [1.165, 1.54) is 0 Å². The Labute approximate surface area is 81.3 Å². The van der Waals surface area contributed by atoms with Gasteiger partial charge in [-0.2, -0.15) is 0 Å². The van der Waals surface area contributed by atoms with Gasteiger partial charge in [-0.15, -0.1) is 0 Å². The molecule has 0 fully saturated rings. The molecule has 1 atom stereocenters. The summed E-state index contributed by atoms with van der Waals surface area (Å²) >= 11 is 0. The lowest BCUT2D eigenvalue weighted by molar-refractivity contribution is -0.110. The number of hydrogen-bond acceptors (Lipinski definition) is 2. The molecule has 14 heavy (non-hydrogen) atoms. The molecule has 0 saturated heterocycles. The number of nitrogens with one attached hydrogen (secondary N) is 2. The van der Waals surface area contributed by atoms with E-state index in [1.54, 1.807) is 12.4 Å². The minimum atomic E-state index is -0.0000926. The number of aromatic amines is 1. The van der Waals surface area contributed by atoms with E-state index >= 15 is 0 Å². The first kappa shape index (κ1) is 8.74. The Hall–Kier alpha value is -1.84. The summed E-state index contributed by atoms with van der Waals surface area (Å²) in [5.74, 6) is 0. The summed E-state index contributed by atoms with van der Waals surface area (Å²) in [6.07, 6.45) is 4.23. The second-order valence-electron chi connectivity index (χ2n) is 3.19. The molecular formula is C10H11N3O. The van der Waals surface area contributed by atoms with Crippen LogP contribution in [0.4, 0.5) is 0 Å². The SMILES string of the molecule is C[C@@H](NC=O)c1cc2cnccc2[nH]1. The van der Waals surface area contributed by atoms with E-state index in [0.717, 1.165) is 16.6 Å². The molecule has 0 spiro atoms. The molecule has 2 aromatic rings. The summed E-state index contributed by atoms with van der Waals surface area (Å²) in [5, 5.41) is 3.75. The van der Waals surface area contributed by atoms with Gasteiger partial charge in [0.1, 0.15) is 0 Å². The summed E-state index contributed by atoms with van der Waals surface area (Å²) < 4.78 is 0. The van der Waals surface area contributed by atoms with E-state index in [1.807, 2.05) is 19.1 Å². The fraction of sp³-hybridized carbons (Fsp3) is 0.200. The third-order valence-corrected chi connectivity index (χ3v) is 2.23. The van der Waals surface area contributed by atoms with E-state index in [2.05, 4.69) is 15.3 Å². The lowest BCUT2D eigenvalue weighted by Crippen LogP contribution is -2.16. The molecule has 0 aromatic carbocycles. The molecule has 0 bridgehead atoms. The first-order valence-electron chi connectivity index (χ1n) is 4.43. The summed E-state index contributed by atoms with van der Waals surface area (Å²) in [6.45, 7) is 1.92. The van der Waals surface area contributed by atoms with Gasteiger partial charge in [0.05, 0.1) is 6.04 Å². The Morgan fingerprint density at radius 3 is 3.21 bits per heavy atom. The molecular weight excluding hydrogens is 178 g/mol. The highest BCUT2D eigenvalue weighted by atomic mass is 16.1. The van der Waals surface area contributed by atoms with Gasteiger partial charge in [-0.3, -0.25) is 9.78 Å². The van der Waals surface area contributed by atoms with Crippen LogP contribution in [0.15, 0.2) is 24.5 Å². The molecule has 0 aliphatic carbocycles. The van der Waals surface area contributed by atoms with Gasteiger partial charge in [-0.1, -0.05) is 0 Å². The second kappa shape index (κ2) is 3.49. The molecule has 0 radical (unpaired) electrons. The van der Waals surface area contributed by atoms with Gasteiger partial charge < -0.3 is 10.3 Å². The van der Waals surface area contributed by atoms with Crippen LogP contribution in [-0.4, -0.2) is 16.4 Å². The normalized spacial score (nSPS) is 12.6. The van der Waals surface area contributed by atoms with E-state index < -0.39 is 0 Å². The summed E-state index contributed by atoms with van der Waals surface area (Å²) in [6, 6.07) is 3.90. The average Bonchev–Trinajstić information content (AvgIpc) is 2.61. The van der Waals surface area contributed by atoms with Crippen LogP contribution in [0.2, 0.25) is 0 Å². The van der Waals surface area contributed by atoms with Crippen LogP contribution < -0.4 is 5.32 Å². The monoisotopic (exact) mass is 189 g/mol. The van der Waals surface area contributed by atoms with Gasteiger partial charge >= 0.3 is 0 Å². The molecule has 2 rings (SSSR count). The number of amides is 1. The fourth-order valence-electron chi connectivity index (χ4n) is 1.42. The van der Waals surface area contributed by atoms with Crippen LogP contribution in [0.3, 0.4) is 0 Å². The van der Waals surface area contributed by atoms with Crippen LogP contribution in [0.5, 0.6) is 0 Å². The minimum Gasteiger partial charge on any atom is -0.357 e. The number of carbonyl (C=O) groups is 1. The second-order valence-corrected chi connectivity index (χ2v) is 3.19. The Kier molecular flexibility index (Phi) is 2.18. The molecule has 2 N–H and O–H groups in total. The Morgan fingerprint density at radius 2 is 2.50 bits per heavy atom. The molecule has 0 saturated carbocycles. The van der Waals surface area contributed by atoms with Crippen molar-refractivity contribution in [3.63, 3.8) is 0 Å². The number of rotatable bonds is 3. The van der Waals surface area contributed by atoms with Crippen molar-refractivity contribution in [1.29, 1.82) is 0 Å². The topological polar surface area (TPSA) is 57.8 Å². The Morgan fingerprint density at radius 1 is 1.64 bits per heavy atom. The van der Waals surface area contributed by atoms with Crippen molar-refractivity contribution in [1.82, 2.24) is 15.3 Å². The predicted octanol–water partition coefficient (Wildman–Crippen LogP) is 1.37. The highest BCUT2D eigenvalue weighted by molar-refractivity contribution is 5.79. The summed E-state index contributed by atoms with van der Waals surface area (Å²) in [5.41, 5.74) is 2.02. The minimum absolute atomic E-state index is 0.0000926. The lowest BCUT2D eigenvalue weighted by atomic mass is 10.2. The van der Waals surface area contributed by atoms with E-state index in [4.69, 9.17) is 0 Å². The van der Waals surface area contributed by atoms with Crippen LogP contribution in [0.25, 0.3) is 10.9 Å². The van der Waals surface area contributed by atoms with Gasteiger partial charge in [-0.05, 0) is 19.1 Å². The molecule has 72 valence electrons. The van der Waals surface area contributed by atoms with Crippen molar-refractivity contribution in [2.45, 2.75) is 13.0 Å². The highest BCUT2D eigenvalue weighted by Gasteiger charge is 2.06. The number of hydrogen-bond donors (Lipinski definition) is 2. The average molecular weight is 189 g/mol.